The van der Waals surface area contributed by atoms with E-state index in [0.717, 1.165) is 4.88 Å². The van der Waals surface area contributed by atoms with E-state index in [2.05, 4.69) is 21.2 Å². The zero-order chi connectivity index (χ0) is 14.7. The van der Waals surface area contributed by atoms with Crippen LogP contribution in [0, 0.1) is 10.1 Å². The number of benzene rings is 1. The molecule has 0 radical (unpaired) electrons. The number of nitrogens with one attached hydrogen (secondary N) is 1. The number of carbonyl (C=O) groups is 1. The second kappa shape index (κ2) is 6.15. The fourth-order valence-electron chi connectivity index (χ4n) is 1.68. The highest BCUT2D eigenvalue weighted by atomic mass is 79.9. The van der Waals surface area contributed by atoms with E-state index < -0.39 is 4.92 Å². The predicted molar refractivity (Wildman–Crippen MR) is 81.0 cm³/mol. The molecule has 1 N–H and O–H groups in total. The Labute approximate surface area is 127 Å². The molecule has 1 atom stereocenters. The fraction of sp³-hybridized carbons (Fsp3) is 0.154. The van der Waals surface area contributed by atoms with Gasteiger partial charge in [-0.2, -0.15) is 0 Å². The van der Waals surface area contributed by atoms with Gasteiger partial charge in [-0.1, -0.05) is 6.07 Å². The summed E-state index contributed by atoms with van der Waals surface area (Å²) in [6.07, 6.45) is 0. The molecule has 0 bridgehead atoms. The molecule has 0 aliphatic carbocycles. The van der Waals surface area contributed by atoms with Crippen LogP contribution in [0.15, 0.2) is 40.2 Å². The monoisotopic (exact) mass is 354 g/mol. The molecule has 1 amide bonds. The van der Waals surface area contributed by atoms with Crippen LogP contribution in [0.1, 0.15) is 28.2 Å². The lowest BCUT2D eigenvalue weighted by Gasteiger charge is -2.12. The molecular formula is C13H11BrN2O3S. The third kappa shape index (κ3) is 3.23. The van der Waals surface area contributed by atoms with E-state index in [1.165, 1.54) is 12.1 Å². The highest BCUT2D eigenvalue weighted by Crippen LogP contribution is 2.26. The summed E-state index contributed by atoms with van der Waals surface area (Å²) in [4.78, 5) is 23.5. The number of nitro benzene ring substituents is 1. The van der Waals surface area contributed by atoms with Gasteiger partial charge in [0.2, 0.25) is 0 Å². The van der Waals surface area contributed by atoms with Gasteiger partial charge >= 0.3 is 0 Å². The zero-order valence-electron chi connectivity index (χ0n) is 10.5. The van der Waals surface area contributed by atoms with Gasteiger partial charge in [-0.25, -0.2) is 0 Å². The molecule has 5 nitrogen and oxygen atoms in total. The van der Waals surface area contributed by atoms with Crippen molar-refractivity contribution < 1.29 is 9.72 Å². The summed E-state index contributed by atoms with van der Waals surface area (Å²) in [5, 5.41) is 15.6. The van der Waals surface area contributed by atoms with Gasteiger partial charge in [-0.3, -0.25) is 14.9 Å². The Morgan fingerprint density at radius 3 is 2.80 bits per heavy atom. The molecule has 0 aliphatic heterocycles. The van der Waals surface area contributed by atoms with Gasteiger partial charge in [0.05, 0.1) is 15.4 Å². The van der Waals surface area contributed by atoms with Crippen LogP contribution in [0.25, 0.3) is 0 Å². The minimum atomic E-state index is -0.524. The summed E-state index contributed by atoms with van der Waals surface area (Å²) >= 11 is 4.64. The number of amides is 1. The third-order valence-corrected chi connectivity index (χ3v) is 4.45. The number of hydrogen-bond donors (Lipinski definition) is 1. The Morgan fingerprint density at radius 2 is 2.20 bits per heavy atom. The molecule has 0 aliphatic rings. The van der Waals surface area contributed by atoms with Crippen LogP contribution in [-0.2, 0) is 0 Å². The Hall–Kier alpha value is -1.73. The van der Waals surface area contributed by atoms with Gasteiger partial charge < -0.3 is 5.32 Å². The number of carbonyl (C=O) groups excluding carboxylic acids is 1. The van der Waals surface area contributed by atoms with E-state index in [9.17, 15) is 14.9 Å². The summed E-state index contributed by atoms with van der Waals surface area (Å²) in [5.41, 5.74) is 0.143. The molecule has 1 unspecified atom stereocenters. The number of hydrogen-bond acceptors (Lipinski definition) is 4. The summed E-state index contributed by atoms with van der Waals surface area (Å²) in [7, 11) is 0. The number of thiophene rings is 1. The van der Waals surface area contributed by atoms with Gasteiger partial charge in [-0.15, -0.1) is 11.3 Å². The topological polar surface area (TPSA) is 72.2 Å². The zero-order valence-corrected chi connectivity index (χ0v) is 12.9. The van der Waals surface area contributed by atoms with Crippen LogP contribution < -0.4 is 5.32 Å². The first kappa shape index (κ1) is 14.7. The van der Waals surface area contributed by atoms with E-state index in [-0.39, 0.29) is 23.2 Å². The van der Waals surface area contributed by atoms with E-state index in [1.54, 1.807) is 17.4 Å². The van der Waals surface area contributed by atoms with Gasteiger partial charge in [0.1, 0.15) is 0 Å². The molecule has 104 valence electrons. The summed E-state index contributed by atoms with van der Waals surface area (Å²) in [6.45, 7) is 1.87. The Bertz CT molecular complexity index is 643. The second-order valence-electron chi connectivity index (χ2n) is 4.13. The average Bonchev–Trinajstić information content (AvgIpc) is 2.92. The van der Waals surface area contributed by atoms with E-state index in [1.807, 2.05) is 24.4 Å². The van der Waals surface area contributed by atoms with Crippen molar-refractivity contribution >= 4 is 38.9 Å². The van der Waals surface area contributed by atoms with Crippen molar-refractivity contribution in [3.8, 4) is 0 Å². The van der Waals surface area contributed by atoms with Gasteiger partial charge in [-0.05, 0) is 46.4 Å². The molecule has 0 spiro atoms. The van der Waals surface area contributed by atoms with E-state index in [0.29, 0.717) is 4.47 Å². The first-order valence-corrected chi connectivity index (χ1v) is 7.44. The summed E-state index contributed by atoms with van der Waals surface area (Å²) in [6, 6.07) is 8.02. The smallest absolute Gasteiger partial charge is 0.284 e. The van der Waals surface area contributed by atoms with Crippen LogP contribution in [-0.4, -0.2) is 10.8 Å². The van der Waals surface area contributed by atoms with Crippen LogP contribution in [0.2, 0.25) is 0 Å². The van der Waals surface area contributed by atoms with Gasteiger partial charge in [0, 0.05) is 16.5 Å². The number of nitrogens with zero attached hydrogens (tertiary/aromatic N) is 1. The lowest BCUT2D eigenvalue weighted by atomic mass is 10.1. The summed E-state index contributed by atoms with van der Waals surface area (Å²) < 4.78 is 0.352. The Kier molecular flexibility index (Phi) is 4.51. The lowest BCUT2D eigenvalue weighted by molar-refractivity contribution is -0.385. The van der Waals surface area contributed by atoms with Gasteiger partial charge in [0.25, 0.3) is 11.6 Å². The molecule has 2 aromatic rings. The van der Waals surface area contributed by atoms with Crippen molar-refractivity contribution in [3.05, 3.63) is 60.7 Å². The van der Waals surface area contributed by atoms with Gasteiger partial charge in [0.15, 0.2) is 0 Å². The number of rotatable bonds is 4. The Morgan fingerprint density at radius 1 is 1.45 bits per heavy atom. The van der Waals surface area contributed by atoms with Crippen LogP contribution in [0.4, 0.5) is 5.69 Å². The fourth-order valence-corrected chi connectivity index (χ4v) is 2.81. The number of halogens is 1. The molecule has 0 saturated carbocycles. The van der Waals surface area contributed by atoms with Crippen molar-refractivity contribution in [2.75, 3.05) is 0 Å². The quantitative estimate of drug-likeness (QED) is 0.668. The molecule has 7 heteroatoms. The molecule has 1 heterocycles. The predicted octanol–water partition coefficient (Wildman–Crippen LogP) is 3.91. The van der Waals surface area contributed by atoms with Crippen molar-refractivity contribution in [2.45, 2.75) is 13.0 Å². The molecule has 2 rings (SSSR count). The standard InChI is InChI=1S/C13H11BrN2O3S/c1-8(12-3-2-6-20-12)15-13(17)9-4-5-10(14)11(7-9)16(18)19/h2-8H,1H3,(H,15,17). The Balaban J connectivity index is 2.17. The minimum absolute atomic E-state index is 0.124. The molecule has 20 heavy (non-hydrogen) atoms. The largest absolute Gasteiger partial charge is 0.345 e. The molecule has 0 fully saturated rings. The molecule has 1 aromatic heterocycles. The third-order valence-electron chi connectivity index (χ3n) is 2.72. The summed E-state index contributed by atoms with van der Waals surface area (Å²) in [5.74, 6) is -0.332. The maximum Gasteiger partial charge on any atom is 0.284 e. The van der Waals surface area contributed by atoms with Crippen LogP contribution in [0.3, 0.4) is 0 Å². The molecular weight excluding hydrogens is 344 g/mol. The molecule has 0 saturated heterocycles. The van der Waals surface area contributed by atoms with Crippen molar-refractivity contribution in [1.29, 1.82) is 0 Å². The second-order valence-corrected chi connectivity index (χ2v) is 5.97. The first-order chi connectivity index (χ1) is 9.49. The minimum Gasteiger partial charge on any atom is -0.345 e. The first-order valence-electron chi connectivity index (χ1n) is 5.77. The van der Waals surface area contributed by atoms with Crippen LogP contribution >= 0.6 is 27.3 Å². The van der Waals surface area contributed by atoms with Crippen molar-refractivity contribution in [2.24, 2.45) is 0 Å². The highest BCUT2D eigenvalue weighted by Gasteiger charge is 2.17. The maximum atomic E-state index is 12.1. The highest BCUT2D eigenvalue weighted by molar-refractivity contribution is 9.10. The SMILES string of the molecule is CC(NC(=O)c1ccc(Br)c([N+](=O)[O-])c1)c1cccs1. The maximum absolute atomic E-state index is 12.1. The van der Waals surface area contributed by atoms with Crippen LogP contribution in [0.5, 0.6) is 0 Å². The van der Waals surface area contributed by atoms with Crippen molar-refractivity contribution in [1.82, 2.24) is 5.32 Å². The van der Waals surface area contributed by atoms with E-state index >= 15 is 0 Å². The lowest BCUT2D eigenvalue weighted by Crippen LogP contribution is -2.26. The van der Waals surface area contributed by atoms with E-state index in [4.69, 9.17) is 0 Å². The molecule has 1 aromatic carbocycles. The van der Waals surface area contributed by atoms with Crippen molar-refractivity contribution in [3.63, 3.8) is 0 Å². The average molecular weight is 355 g/mol. The normalized spacial score (nSPS) is 11.9. The number of nitro groups is 1.